The number of pyridine rings is 1. The molecule has 44 heavy (non-hydrogen) atoms. The summed E-state index contributed by atoms with van der Waals surface area (Å²) < 4.78 is 59.8. The summed E-state index contributed by atoms with van der Waals surface area (Å²) in [5.74, 6) is 0.146. The van der Waals surface area contributed by atoms with Crippen LogP contribution in [0.25, 0.3) is 0 Å². The maximum atomic E-state index is 13.4. The van der Waals surface area contributed by atoms with Gasteiger partial charge in [-0.05, 0) is 79.0 Å². The van der Waals surface area contributed by atoms with Gasteiger partial charge in [0.2, 0.25) is 0 Å². The van der Waals surface area contributed by atoms with E-state index in [9.17, 15) is 13.2 Å². The molecule has 244 valence electrons. The highest BCUT2D eigenvalue weighted by Gasteiger charge is 2.54. The van der Waals surface area contributed by atoms with Crippen LogP contribution in [0.2, 0.25) is 0 Å². The summed E-state index contributed by atoms with van der Waals surface area (Å²) in [6.07, 6.45) is 3.23. The molecule has 2 aromatic rings. The maximum Gasteiger partial charge on any atom is 0.416 e. The number of rotatable bonds is 5. The van der Waals surface area contributed by atoms with E-state index in [0.717, 1.165) is 41.8 Å². The van der Waals surface area contributed by atoms with Gasteiger partial charge in [-0.2, -0.15) is 13.2 Å². The van der Waals surface area contributed by atoms with Gasteiger partial charge in [0.05, 0.1) is 23.4 Å². The second kappa shape index (κ2) is 12.3. The zero-order valence-electron chi connectivity index (χ0n) is 28.0. The minimum absolute atomic E-state index is 0.0545. The average Bonchev–Trinajstić information content (AvgIpc) is 3.24. The smallest absolute Gasteiger partial charge is 0.381 e. The summed E-state index contributed by atoms with van der Waals surface area (Å²) in [7, 11) is 0. The highest BCUT2D eigenvalue weighted by Crippen LogP contribution is 2.61. The van der Waals surface area contributed by atoms with E-state index < -0.39 is 23.4 Å². The van der Waals surface area contributed by atoms with Crippen LogP contribution in [0.1, 0.15) is 158 Å². The highest BCUT2D eigenvalue weighted by atomic mass is 19.4. The van der Waals surface area contributed by atoms with Gasteiger partial charge in [-0.3, -0.25) is 4.98 Å². The van der Waals surface area contributed by atoms with E-state index in [-0.39, 0.29) is 23.5 Å². The van der Waals surface area contributed by atoms with Gasteiger partial charge >= 0.3 is 6.18 Å². The Kier molecular flexibility index (Phi) is 9.36. The first-order chi connectivity index (χ1) is 20.6. The van der Waals surface area contributed by atoms with Gasteiger partial charge in [0.15, 0.2) is 0 Å². The van der Waals surface area contributed by atoms with Gasteiger partial charge in [0.25, 0.3) is 0 Å². The van der Waals surface area contributed by atoms with Crippen LogP contribution in [0, 0.1) is 10.8 Å². The molecule has 6 rings (SSSR count). The van der Waals surface area contributed by atoms with E-state index in [4.69, 9.17) is 19.2 Å². The minimum atomic E-state index is -4.38. The fourth-order valence-corrected chi connectivity index (χ4v) is 7.33. The highest BCUT2D eigenvalue weighted by molar-refractivity contribution is 5.54. The number of hydrogen-bond acceptors (Lipinski definition) is 4. The summed E-state index contributed by atoms with van der Waals surface area (Å²) in [6, 6.07) is 5.50. The second-order valence-corrected chi connectivity index (χ2v) is 15.6. The Morgan fingerprint density at radius 2 is 1.57 bits per heavy atom. The SMILES string of the molecule is CC(C)(C)C.CCC(C)O[C@H]1CC2(CCC2)Cc2nc(C(C)C)c3c(c21)C1(CCOCC1)O[C@@H]3c1ccc(C(F)(F)F)cc1. The number of benzene rings is 1. The van der Waals surface area contributed by atoms with E-state index in [1.54, 1.807) is 12.1 Å². The van der Waals surface area contributed by atoms with Gasteiger partial charge < -0.3 is 14.2 Å². The van der Waals surface area contributed by atoms with Crippen molar-refractivity contribution in [1.29, 1.82) is 0 Å². The van der Waals surface area contributed by atoms with Gasteiger partial charge in [-0.25, -0.2) is 0 Å². The summed E-state index contributed by atoms with van der Waals surface area (Å²) in [4.78, 5) is 5.38. The Morgan fingerprint density at radius 1 is 0.955 bits per heavy atom. The summed E-state index contributed by atoms with van der Waals surface area (Å²) in [6.45, 7) is 18.5. The molecule has 1 saturated carbocycles. The van der Waals surface area contributed by atoms with Crippen molar-refractivity contribution in [2.75, 3.05) is 13.2 Å². The summed E-state index contributed by atoms with van der Waals surface area (Å²) in [5, 5.41) is 0. The van der Waals surface area contributed by atoms with E-state index >= 15 is 0 Å². The van der Waals surface area contributed by atoms with Gasteiger partial charge in [0.1, 0.15) is 6.10 Å². The molecule has 1 unspecified atom stereocenters. The Balaban J connectivity index is 0.000000712. The summed E-state index contributed by atoms with van der Waals surface area (Å²) >= 11 is 0. The molecule has 0 amide bonds. The number of nitrogens with zero attached hydrogens (tertiary/aromatic N) is 1. The van der Waals surface area contributed by atoms with E-state index in [0.29, 0.717) is 31.5 Å². The van der Waals surface area contributed by atoms with E-state index in [1.807, 2.05) is 0 Å². The van der Waals surface area contributed by atoms with Gasteiger partial charge in [0, 0.05) is 48.6 Å². The van der Waals surface area contributed by atoms with Crippen LogP contribution in [-0.4, -0.2) is 24.3 Å². The first kappa shape index (κ1) is 33.4. The van der Waals surface area contributed by atoms with Crippen molar-refractivity contribution in [2.45, 2.75) is 143 Å². The molecule has 1 aromatic carbocycles. The number of halogens is 3. The van der Waals surface area contributed by atoms with Crippen molar-refractivity contribution in [3.8, 4) is 0 Å². The van der Waals surface area contributed by atoms with Crippen LogP contribution >= 0.6 is 0 Å². The molecule has 4 nitrogen and oxygen atoms in total. The topological polar surface area (TPSA) is 40.6 Å². The molecule has 3 heterocycles. The lowest BCUT2D eigenvalue weighted by Gasteiger charge is -2.49. The molecule has 2 spiro atoms. The number of ether oxygens (including phenoxy) is 3. The molecule has 1 aromatic heterocycles. The first-order valence-corrected chi connectivity index (χ1v) is 16.7. The first-order valence-electron chi connectivity index (χ1n) is 16.7. The number of fused-ring (bicyclic) bond motifs is 4. The average molecular weight is 616 g/mol. The fourth-order valence-electron chi connectivity index (χ4n) is 7.33. The third-order valence-electron chi connectivity index (χ3n) is 9.70. The molecular weight excluding hydrogens is 563 g/mol. The molecule has 7 heteroatoms. The molecule has 0 bridgehead atoms. The van der Waals surface area contributed by atoms with Crippen LogP contribution < -0.4 is 0 Å². The van der Waals surface area contributed by atoms with Crippen molar-refractivity contribution in [1.82, 2.24) is 4.98 Å². The Bertz CT molecular complexity index is 1300. The molecule has 3 atom stereocenters. The van der Waals surface area contributed by atoms with Crippen molar-refractivity contribution >= 4 is 0 Å². The zero-order chi connectivity index (χ0) is 32.1. The lowest BCUT2D eigenvalue weighted by Crippen LogP contribution is -2.42. The molecule has 2 fully saturated rings. The molecule has 2 aliphatic heterocycles. The van der Waals surface area contributed by atoms with Crippen molar-refractivity contribution in [3.05, 3.63) is 63.5 Å². The third kappa shape index (κ3) is 6.76. The Labute approximate surface area is 262 Å². The van der Waals surface area contributed by atoms with Crippen LogP contribution in [0.5, 0.6) is 0 Å². The number of aromatic nitrogens is 1. The lowest BCUT2D eigenvalue weighted by atomic mass is 9.58. The normalized spacial score (nSPS) is 24.4. The van der Waals surface area contributed by atoms with Crippen LogP contribution in [0.15, 0.2) is 24.3 Å². The maximum absolute atomic E-state index is 13.4. The molecule has 1 saturated heterocycles. The van der Waals surface area contributed by atoms with Crippen molar-refractivity contribution < 1.29 is 27.4 Å². The second-order valence-electron chi connectivity index (χ2n) is 15.6. The largest absolute Gasteiger partial charge is 0.416 e. The summed E-state index contributed by atoms with van der Waals surface area (Å²) in [5.41, 5.74) is 5.90. The molecule has 0 radical (unpaired) electrons. The van der Waals surface area contributed by atoms with Gasteiger partial charge in [-0.1, -0.05) is 67.0 Å². The quantitative estimate of drug-likeness (QED) is 0.336. The number of hydrogen-bond donors (Lipinski definition) is 0. The molecule has 0 N–H and O–H groups in total. The monoisotopic (exact) mass is 615 g/mol. The van der Waals surface area contributed by atoms with Crippen molar-refractivity contribution in [3.63, 3.8) is 0 Å². The van der Waals surface area contributed by atoms with E-state index in [2.05, 4.69) is 55.4 Å². The Hall–Kier alpha value is -1.96. The Morgan fingerprint density at radius 3 is 2.07 bits per heavy atom. The predicted molar refractivity (Wildman–Crippen MR) is 168 cm³/mol. The molecule has 4 aliphatic rings. The standard InChI is InChI=1S/C32H40F3NO3.C5H12/c1-5-20(4)38-24-18-30(11-6-12-30)17-23-25(24)27-26(28(36-23)19(2)3)29(39-31(27)13-15-37-16-14-31)21-7-9-22(10-8-21)32(33,34)35;1-5(2,3)4/h7-10,19-20,24,29H,5-6,11-18H2,1-4H3;1-4H3/t20?,24-,29+;/m0./s1. The predicted octanol–water partition coefficient (Wildman–Crippen LogP) is 10.4. The third-order valence-corrected chi connectivity index (χ3v) is 9.70. The molecule has 2 aliphatic carbocycles. The van der Waals surface area contributed by atoms with Gasteiger partial charge in [-0.15, -0.1) is 0 Å². The van der Waals surface area contributed by atoms with Crippen LogP contribution in [0.3, 0.4) is 0 Å². The zero-order valence-corrected chi connectivity index (χ0v) is 28.0. The van der Waals surface area contributed by atoms with Crippen LogP contribution in [0.4, 0.5) is 13.2 Å². The number of alkyl halides is 3. The van der Waals surface area contributed by atoms with Crippen LogP contribution in [-0.2, 0) is 32.4 Å². The molecular formula is C37H52F3NO3. The van der Waals surface area contributed by atoms with E-state index in [1.165, 1.54) is 42.5 Å². The minimum Gasteiger partial charge on any atom is -0.381 e. The fraction of sp³-hybridized carbons (Fsp3) is 0.703. The van der Waals surface area contributed by atoms with Crippen molar-refractivity contribution in [2.24, 2.45) is 10.8 Å². The lowest BCUT2D eigenvalue weighted by molar-refractivity contribution is -0.137.